The van der Waals surface area contributed by atoms with E-state index in [2.05, 4.69) is 55.1 Å². The topological polar surface area (TPSA) is 67.1 Å². The highest BCUT2D eigenvalue weighted by molar-refractivity contribution is 5.45. The zero-order valence-corrected chi connectivity index (χ0v) is 13.5. The summed E-state index contributed by atoms with van der Waals surface area (Å²) >= 11 is 0. The summed E-state index contributed by atoms with van der Waals surface area (Å²) in [5, 5.41) is 3.51. The van der Waals surface area contributed by atoms with Crippen molar-refractivity contribution in [3.8, 4) is 0 Å². The minimum Gasteiger partial charge on any atom is -0.384 e. The van der Waals surface area contributed by atoms with E-state index >= 15 is 0 Å². The van der Waals surface area contributed by atoms with Crippen molar-refractivity contribution in [2.45, 2.75) is 46.1 Å². The third kappa shape index (κ3) is 6.19. The van der Waals surface area contributed by atoms with Gasteiger partial charge in [-0.15, -0.1) is 0 Å². The molecule has 114 valence electrons. The summed E-state index contributed by atoms with van der Waals surface area (Å²) in [6, 6.07) is 2.19. The van der Waals surface area contributed by atoms with Crippen LogP contribution in [0.25, 0.3) is 0 Å². The van der Waals surface area contributed by atoms with Gasteiger partial charge < -0.3 is 16.0 Å². The lowest BCUT2D eigenvalue weighted by molar-refractivity contribution is 0.356. The van der Waals surface area contributed by atoms with E-state index in [1.807, 2.05) is 6.07 Å². The molecule has 0 saturated carbocycles. The van der Waals surface area contributed by atoms with Crippen LogP contribution in [-0.2, 0) is 6.42 Å². The lowest BCUT2D eigenvalue weighted by atomic mass is 10.0. The minimum atomic E-state index is 0.369. The van der Waals surface area contributed by atoms with Crippen LogP contribution in [0.2, 0.25) is 0 Å². The summed E-state index contributed by atoms with van der Waals surface area (Å²) in [5.74, 6) is 2.84. The summed E-state index contributed by atoms with van der Waals surface area (Å²) in [6.45, 7) is 7.57. The van der Waals surface area contributed by atoms with E-state index in [1.165, 1.54) is 0 Å². The molecule has 0 saturated heterocycles. The van der Waals surface area contributed by atoms with Gasteiger partial charge in [0.25, 0.3) is 0 Å². The average Bonchev–Trinajstić information content (AvgIpc) is 2.26. The number of nitrogen functional groups attached to an aromatic ring is 1. The molecule has 0 aromatic carbocycles. The predicted octanol–water partition coefficient (Wildman–Crippen LogP) is 2.40. The molecular weight excluding hydrogens is 250 g/mol. The van der Waals surface area contributed by atoms with Gasteiger partial charge in [0.2, 0.25) is 0 Å². The molecule has 0 spiro atoms. The van der Waals surface area contributed by atoms with E-state index in [0.29, 0.717) is 17.8 Å². The third-order valence-electron chi connectivity index (χ3n) is 2.96. The summed E-state index contributed by atoms with van der Waals surface area (Å²) in [6.07, 6.45) is 2.99. The first kappa shape index (κ1) is 16.7. The van der Waals surface area contributed by atoms with E-state index in [1.54, 1.807) is 0 Å². The molecule has 0 fully saturated rings. The molecule has 0 amide bonds. The minimum absolute atomic E-state index is 0.369. The number of hydrogen-bond donors (Lipinski definition) is 2. The molecule has 0 aliphatic rings. The zero-order valence-electron chi connectivity index (χ0n) is 13.5. The molecule has 1 heterocycles. The van der Waals surface area contributed by atoms with E-state index in [0.717, 1.165) is 37.4 Å². The number of aromatic nitrogens is 2. The lowest BCUT2D eigenvalue weighted by Crippen LogP contribution is -2.34. The van der Waals surface area contributed by atoms with Gasteiger partial charge in [-0.3, -0.25) is 0 Å². The smallest absolute Gasteiger partial charge is 0.133 e. The van der Waals surface area contributed by atoms with Gasteiger partial charge in [-0.1, -0.05) is 20.8 Å². The highest BCUT2D eigenvalue weighted by Gasteiger charge is 2.13. The average molecular weight is 279 g/mol. The molecule has 0 bridgehead atoms. The fourth-order valence-electron chi connectivity index (χ4n) is 2.33. The highest BCUT2D eigenvalue weighted by Crippen LogP contribution is 2.14. The maximum Gasteiger partial charge on any atom is 0.133 e. The number of nitrogens with two attached hydrogens (primary N) is 1. The Morgan fingerprint density at radius 3 is 2.55 bits per heavy atom. The molecule has 1 rings (SSSR count). The fourth-order valence-corrected chi connectivity index (χ4v) is 2.33. The molecule has 0 radical (unpaired) electrons. The third-order valence-corrected chi connectivity index (χ3v) is 2.96. The van der Waals surface area contributed by atoms with Crippen molar-refractivity contribution in [1.29, 1.82) is 0 Å². The summed E-state index contributed by atoms with van der Waals surface area (Å²) in [4.78, 5) is 11.0. The lowest BCUT2D eigenvalue weighted by Gasteiger charge is -2.24. The van der Waals surface area contributed by atoms with Gasteiger partial charge in [-0.2, -0.15) is 0 Å². The highest BCUT2D eigenvalue weighted by atomic mass is 15.1. The SMILES string of the molecule is CCCc1nc(N)cc(NC(CC(C)C)CN(C)C)n1. The van der Waals surface area contributed by atoms with Gasteiger partial charge in [0.15, 0.2) is 0 Å². The Morgan fingerprint density at radius 1 is 1.30 bits per heavy atom. The standard InChI is InChI=1S/C15H29N5/c1-6-7-14-18-13(16)9-15(19-14)17-12(8-11(2)3)10-20(4)5/h9,11-12H,6-8,10H2,1-5H3,(H3,16,17,18,19). The summed E-state index contributed by atoms with van der Waals surface area (Å²) in [7, 11) is 4.18. The number of aryl methyl sites for hydroxylation is 1. The molecule has 1 unspecified atom stereocenters. The van der Waals surface area contributed by atoms with Gasteiger partial charge in [0.1, 0.15) is 17.5 Å². The Bertz CT molecular complexity index is 393. The second-order valence-corrected chi connectivity index (χ2v) is 6.08. The Balaban J connectivity index is 2.80. The molecule has 5 heteroatoms. The molecule has 1 atom stereocenters. The molecule has 5 nitrogen and oxygen atoms in total. The number of anilines is 2. The van der Waals surface area contributed by atoms with Crippen LogP contribution < -0.4 is 11.1 Å². The number of rotatable bonds is 8. The molecule has 0 aliphatic heterocycles. The first-order valence-electron chi connectivity index (χ1n) is 7.45. The molecule has 20 heavy (non-hydrogen) atoms. The Labute approximate surface area is 123 Å². The molecule has 0 aliphatic carbocycles. The first-order chi connectivity index (χ1) is 9.40. The number of nitrogens with zero attached hydrogens (tertiary/aromatic N) is 3. The number of likely N-dealkylation sites (N-methyl/N-ethyl adjacent to an activating group) is 1. The van der Waals surface area contributed by atoms with Gasteiger partial charge in [-0.25, -0.2) is 9.97 Å². The van der Waals surface area contributed by atoms with Crippen LogP contribution in [-0.4, -0.2) is 41.5 Å². The van der Waals surface area contributed by atoms with Crippen molar-refractivity contribution in [3.05, 3.63) is 11.9 Å². The normalized spacial score (nSPS) is 12.9. The van der Waals surface area contributed by atoms with Crippen molar-refractivity contribution in [1.82, 2.24) is 14.9 Å². The summed E-state index contributed by atoms with van der Waals surface area (Å²) < 4.78 is 0. The van der Waals surface area contributed by atoms with E-state index < -0.39 is 0 Å². The van der Waals surface area contributed by atoms with Crippen molar-refractivity contribution in [3.63, 3.8) is 0 Å². The Hall–Kier alpha value is -1.36. The Kier molecular flexibility index (Phi) is 6.71. The van der Waals surface area contributed by atoms with Crippen LogP contribution in [0.1, 0.15) is 39.4 Å². The monoisotopic (exact) mass is 279 g/mol. The van der Waals surface area contributed by atoms with Crippen molar-refractivity contribution in [2.75, 3.05) is 31.7 Å². The van der Waals surface area contributed by atoms with Crippen LogP contribution in [0.5, 0.6) is 0 Å². The maximum absolute atomic E-state index is 5.87. The zero-order chi connectivity index (χ0) is 15.1. The summed E-state index contributed by atoms with van der Waals surface area (Å²) in [5.41, 5.74) is 5.87. The second kappa shape index (κ2) is 8.04. The predicted molar refractivity (Wildman–Crippen MR) is 85.9 cm³/mol. The molecular formula is C15H29N5. The number of hydrogen-bond acceptors (Lipinski definition) is 5. The van der Waals surface area contributed by atoms with Gasteiger partial charge in [0.05, 0.1) is 0 Å². The van der Waals surface area contributed by atoms with E-state index in [-0.39, 0.29) is 0 Å². The largest absolute Gasteiger partial charge is 0.384 e. The van der Waals surface area contributed by atoms with Crippen molar-refractivity contribution < 1.29 is 0 Å². The van der Waals surface area contributed by atoms with Crippen LogP contribution in [0.15, 0.2) is 6.07 Å². The van der Waals surface area contributed by atoms with Crippen LogP contribution in [0.4, 0.5) is 11.6 Å². The number of nitrogens with one attached hydrogen (secondary N) is 1. The Morgan fingerprint density at radius 2 is 2.00 bits per heavy atom. The van der Waals surface area contributed by atoms with Gasteiger partial charge >= 0.3 is 0 Å². The van der Waals surface area contributed by atoms with Crippen LogP contribution >= 0.6 is 0 Å². The van der Waals surface area contributed by atoms with E-state index in [9.17, 15) is 0 Å². The fraction of sp³-hybridized carbons (Fsp3) is 0.733. The van der Waals surface area contributed by atoms with Crippen molar-refractivity contribution in [2.24, 2.45) is 5.92 Å². The van der Waals surface area contributed by atoms with Crippen LogP contribution in [0.3, 0.4) is 0 Å². The molecule has 1 aromatic heterocycles. The quantitative estimate of drug-likeness (QED) is 0.765. The van der Waals surface area contributed by atoms with Gasteiger partial charge in [-0.05, 0) is 32.9 Å². The first-order valence-corrected chi connectivity index (χ1v) is 7.45. The van der Waals surface area contributed by atoms with Crippen LogP contribution in [0, 0.1) is 5.92 Å². The second-order valence-electron chi connectivity index (χ2n) is 6.08. The van der Waals surface area contributed by atoms with Crippen molar-refractivity contribution >= 4 is 11.6 Å². The molecule has 1 aromatic rings. The molecule has 3 N–H and O–H groups in total. The van der Waals surface area contributed by atoms with E-state index in [4.69, 9.17) is 5.73 Å². The van der Waals surface area contributed by atoms with Gasteiger partial charge in [0, 0.05) is 25.1 Å². The maximum atomic E-state index is 5.87.